The first-order valence-electron chi connectivity index (χ1n) is 7.53. The van der Waals surface area contributed by atoms with Gasteiger partial charge in [-0.05, 0) is 45.0 Å². The first-order valence-corrected chi connectivity index (χ1v) is 7.53. The summed E-state index contributed by atoms with van der Waals surface area (Å²) < 4.78 is 13.2. The van der Waals surface area contributed by atoms with Gasteiger partial charge in [0.25, 0.3) is 5.91 Å². The van der Waals surface area contributed by atoms with E-state index in [2.05, 4.69) is 9.88 Å². The molecule has 0 saturated carbocycles. The Hall–Kier alpha value is -1.53. The summed E-state index contributed by atoms with van der Waals surface area (Å²) in [7, 11) is 0. The normalized spacial score (nSPS) is 16.8. The van der Waals surface area contributed by atoms with Crippen LogP contribution in [-0.4, -0.2) is 60.0 Å². The molecule has 0 spiro atoms. The van der Waals surface area contributed by atoms with Crippen LogP contribution in [0.2, 0.25) is 0 Å². The summed E-state index contributed by atoms with van der Waals surface area (Å²) >= 11 is 0. The fraction of sp³-hybridized carbons (Fsp3) is 0.600. The van der Waals surface area contributed by atoms with Gasteiger partial charge in [-0.1, -0.05) is 0 Å². The van der Waals surface area contributed by atoms with Gasteiger partial charge in [-0.15, -0.1) is 0 Å². The number of aromatic nitrogens is 1. The maximum absolute atomic E-state index is 13.2. The van der Waals surface area contributed by atoms with E-state index in [1.807, 2.05) is 0 Å². The molecule has 0 radical (unpaired) electrons. The van der Waals surface area contributed by atoms with Crippen molar-refractivity contribution in [2.24, 2.45) is 5.73 Å². The van der Waals surface area contributed by atoms with Crippen LogP contribution in [-0.2, 0) is 0 Å². The van der Waals surface area contributed by atoms with Gasteiger partial charge in [0.05, 0.1) is 11.8 Å². The second kappa shape index (κ2) is 8.05. The number of hydrogen-bond donors (Lipinski definition) is 1. The molecule has 2 rings (SSSR count). The lowest BCUT2D eigenvalue weighted by Gasteiger charge is -2.22. The zero-order chi connectivity index (χ0) is 15.1. The molecule has 0 atom stereocenters. The van der Waals surface area contributed by atoms with Gasteiger partial charge in [0.2, 0.25) is 0 Å². The molecule has 0 unspecified atom stereocenters. The number of pyridine rings is 1. The monoisotopic (exact) mass is 294 g/mol. The molecule has 5 nitrogen and oxygen atoms in total. The molecule has 1 aromatic heterocycles. The third-order valence-corrected chi connectivity index (χ3v) is 3.76. The van der Waals surface area contributed by atoms with Crippen LogP contribution in [0.15, 0.2) is 18.5 Å². The van der Waals surface area contributed by atoms with Gasteiger partial charge in [-0.25, -0.2) is 4.39 Å². The molecular weight excluding hydrogens is 271 g/mol. The number of rotatable bonds is 5. The van der Waals surface area contributed by atoms with Crippen molar-refractivity contribution in [3.8, 4) is 0 Å². The lowest BCUT2D eigenvalue weighted by atomic mass is 10.2. The van der Waals surface area contributed by atoms with E-state index in [1.54, 1.807) is 4.90 Å². The highest BCUT2D eigenvalue weighted by molar-refractivity contribution is 5.93. The van der Waals surface area contributed by atoms with Crippen molar-refractivity contribution >= 4 is 5.91 Å². The van der Waals surface area contributed by atoms with Crippen molar-refractivity contribution in [3.05, 3.63) is 29.8 Å². The quantitative estimate of drug-likeness (QED) is 0.826. The van der Waals surface area contributed by atoms with E-state index in [0.717, 1.165) is 51.6 Å². The van der Waals surface area contributed by atoms with Crippen LogP contribution in [0.5, 0.6) is 0 Å². The van der Waals surface area contributed by atoms with Crippen molar-refractivity contribution in [1.82, 2.24) is 14.8 Å². The molecule has 1 amide bonds. The molecule has 116 valence electrons. The first kappa shape index (κ1) is 15.9. The van der Waals surface area contributed by atoms with Crippen molar-refractivity contribution in [3.63, 3.8) is 0 Å². The number of nitrogens with two attached hydrogens (primary N) is 1. The molecule has 6 heteroatoms. The van der Waals surface area contributed by atoms with Crippen LogP contribution in [0.1, 0.15) is 29.6 Å². The summed E-state index contributed by atoms with van der Waals surface area (Å²) in [6.45, 7) is 5.00. The average molecular weight is 294 g/mol. The van der Waals surface area contributed by atoms with E-state index in [4.69, 9.17) is 5.73 Å². The molecule has 1 aliphatic heterocycles. The Morgan fingerprint density at radius 3 is 2.86 bits per heavy atom. The van der Waals surface area contributed by atoms with Crippen LogP contribution in [0, 0.1) is 5.82 Å². The van der Waals surface area contributed by atoms with E-state index in [9.17, 15) is 9.18 Å². The van der Waals surface area contributed by atoms with Gasteiger partial charge < -0.3 is 15.5 Å². The third-order valence-electron chi connectivity index (χ3n) is 3.76. The number of amides is 1. The number of carbonyl (C=O) groups excluding carboxylic acids is 1. The van der Waals surface area contributed by atoms with Crippen LogP contribution in [0.3, 0.4) is 0 Å². The lowest BCUT2D eigenvalue weighted by molar-refractivity contribution is 0.0760. The van der Waals surface area contributed by atoms with Crippen molar-refractivity contribution < 1.29 is 9.18 Å². The Morgan fingerprint density at radius 2 is 2.10 bits per heavy atom. The third kappa shape index (κ3) is 4.75. The average Bonchev–Trinajstić information content (AvgIpc) is 2.72. The zero-order valence-corrected chi connectivity index (χ0v) is 12.3. The molecule has 2 N–H and O–H groups in total. The summed E-state index contributed by atoms with van der Waals surface area (Å²) in [6, 6.07) is 1.25. The summed E-state index contributed by atoms with van der Waals surface area (Å²) in [5, 5.41) is 0. The second-order valence-corrected chi connectivity index (χ2v) is 5.38. The van der Waals surface area contributed by atoms with E-state index < -0.39 is 5.82 Å². The van der Waals surface area contributed by atoms with Crippen molar-refractivity contribution in [1.29, 1.82) is 0 Å². The predicted octanol–water partition coefficient (Wildman–Crippen LogP) is 1.11. The molecule has 1 saturated heterocycles. The first-order chi connectivity index (χ1) is 10.2. The number of carbonyl (C=O) groups is 1. The Bertz CT molecular complexity index is 469. The standard InChI is InChI=1S/C15H23FN4O/c16-14-10-13(11-18-12-14)15(21)20-7-3-6-19(8-9-20)5-2-1-4-17/h10-12H,1-9,17H2. The molecule has 1 aromatic rings. The predicted molar refractivity (Wildman–Crippen MR) is 79.4 cm³/mol. The fourth-order valence-corrected chi connectivity index (χ4v) is 2.59. The van der Waals surface area contributed by atoms with Gasteiger partial charge in [0.1, 0.15) is 5.82 Å². The molecule has 21 heavy (non-hydrogen) atoms. The second-order valence-electron chi connectivity index (χ2n) is 5.38. The van der Waals surface area contributed by atoms with Crippen LogP contribution in [0.4, 0.5) is 4.39 Å². The molecule has 0 bridgehead atoms. The minimum atomic E-state index is -0.473. The summed E-state index contributed by atoms with van der Waals surface area (Å²) in [5.74, 6) is -0.607. The zero-order valence-electron chi connectivity index (χ0n) is 12.3. The minimum Gasteiger partial charge on any atom is -0.337 e. The smallest absolute Gasteiger partial charge is 0.255 e. The van der Waals surface area contributed by atoms with Gasteiger partial charge in [0.15, 0.2) is 0 Å². The molecule has 0 aromatic carbocycles. The number of nitrogens with zero attached hydrogens (tertiary/aromatic N) is 3. The molecule has 0 aliphatic carbocycles. The molecule has 1 aliphatic rings. The van der Waals surface area contributed by atoms with Gasteiger partial charge in [-0.2, -0.15) is 0 Å². The minimum absolute atomic E-state index is 0.134. The van der Waals surface area contributed by atoms with Gasteiger partial charge in [0, 0.05) is 25.8 Å². The van der Waals surface area contributed by atoms with E-state index in [1.165, 1.54) is 12.3 Å². The highest BCUT2D eigenvalue weighted by Gasteiger charge is 2.20. The molecule has 1 fully saturated rings. The van der Waals surface area contributed by atoms with E-state index >= 15 is 0 Å². The number of unbranched alkanes of at least 4 members (excludes halogenated alkanes) is 1. The van der Waals surface area contributed by atoms with E-state index in [-0.39, 0.29) is 5.91 Å². The highest BCUT2D eigenvalue weighted by atomic mass is 19.1. The maximum Gasteiger partial charge on any atom is 0.255 e. The van der Waals surface area contributed by atoms with Crippen molar-refractivity contribution in [2.75, 3.05) is 39.3 Å². The topological polar surface area (TPSA) is 62.5 Å². The SMILES string of the molecule is NCCCCN1CCCN(C(=O)c2cncc(F)c2)CC1. The van der Waals surface area contributed by atoms with Crippen LogP contribution in [0.25, 0.3) is 0 Å². The molecule has 2 heterocycles. The van der Waals surface area contributed by atoms with Gasteiger partial charge in [-0.3, -0.25) is 9.78 Å². The van der Waals surface area contributed by atoms with Crippen LogP contribution < -0.4 is 5.73 Å². The number of halogens is 1. The largest absolute Gasteiger partial charge is 0.337 e. The maximum atomic E-state index is 13.2. The Labute approximate surface area is 124 Å². The summed E-state index contributed by atoms with van der Waals surface area (Å²) in [6.07, 6.45) is 5.61. The molecular formula is C15H23FN4O. The summed E-state index contributed by atoms with van der Waals surface area (Å²) in [4.78, 5) is 20.3. The summed E-state index contributed by atoms with van der Waals surface area (Å²) in [5.41, 5.74) is 5.83. The fourth-order valence-electron chi connectivity index (χ4n) is 2.59. The Kier molecular flexibility index (Phi) is 6.07. The Morgan fingerprint density at radius 1 is 1.24 bits per heavy atom. The lowest BCUT2D eigenvalue weighted by Crippen LogP contribution is -2.35. The Balaban J connectivity index is 1.89. The van der Waals surface area contributed by atoms with Gasteiger partial charge >= 0.3 is 0 Å². The number of hydrogen-bond acceptors (Lipinski definition) is 4. The van der Waals surface area contributed by atoms with E-state index in [0.29, 0.717) is 18.7 Å². The van der Waals surface area contributed by atoms with Crippen molar-refractivity contribution in [2.45, 2.75) is 19.3 Å². The van der Waals surface area contributed by atoms with Crippen LogP contribution >= 0.6 is 0 Å². The highest BCUT2D eigenvalue weighted by Crippen LogP contribution is 2.10.